The third-order valence-corrected chi connectivity index (χ3v) is 6.06. The number of aryl methyl sites for hydroxylation is 1. The van der Waals surface area contributed by atoms with Crippen molar-refractivity contribution in [2.75, 3.05) is 44.2 Å². The molecule has 2 fully saturated rings. The maximum absolute atomic E-state index is 13.1. The molecule has 148 valence electrons. The Morgan fingerprint density at radius 2 is 1.68 bits per heavy atom. The van der Waals surface area contributed by atoms with Gasteiger partial charge in [0.25, 0.3) is 5.91 Å². The zero-order valence-corrected chi connectivity index (χ0v) is 16.5. The molecule has 0 bridgehead atoms. The molecule has 2 heterocycles. The lowest BCUT2D eigenvalue weighted by Gasteiger charge is -2.44. The molecule has 5 heteroatoms. The van der Waals surface area contributed by atoms with Crippen LogP contribution in [0.5, 0.6) is 0 Å². The van der Waals surface area contributed by atoms with Crippen molar-refractivity contribution in [2.45, 2.75) is 25.8 Å². The van der Waals surface area contributed by atoms with E-state index in [9.17, 15) is 9.18 Å². The summed E-state index contributed by atoms with van der Waals surface area (Å²) in [5.74, 6) is -0.289. The van der Waals surface area contributed by atoms with E-state index in [0.29, 0.717) is 11.6 Å². The minimum atomic E-state index is -0.306. The molecule has 0 N–H and O–H groups in total. The van der Waals surface area contributed by atoms with Gasteiger partial charge < -0.3 is 9.80 Å². The Morgan fingerprint density at radius 1 is 0.964 bits per heavy atom. The Bertz CT molecular complexity index is 815. The Kier molecular flexibility index (Phi) is 5.62. The standard InChI is InChI=1S/C23H28FN3O/c1-18-5-2-3-7-22(18)26-15-13-25(14-16-26)21-6-4-12-27(17-21)23(28)19-8-10-20(24)11-9-19/h2-3,5,7-11,21H,4,6,12-17H2,1H3/t21-/m1/s1. The highest BCUT2D eigenvalue weighted by Gasteiger charge is 2.30. The van der Waals surface area contributed by atoms with Crippen molar-refractivity contribution in [1.29, 1.82) is 0 Å². The van der Waals surface area contributed by atoms with E-state index >= 15 is 0 Å². The van der Waals surface area contributed by atoms with Crippen molar-refractivity contribution in [3.05, 3.63) is 65.5 Å². The third-order valence-electron chi connectivity index (χ3n) is 6.06. The summed E-state index contributed by atoms with van der Waals surface area (Å²) >= 11 is 0. The molecule has 0 unspecified atom stereocenters. The molecule has 2 aliphatic rings. The van der Waals surface area contributed by atoms with Crippen molar-refractivity contribution in [1.82, 2.24) is 9.80 Å². The number of hydrogen-bond acceptors (Lipinski definition) is 3. The van der Waals surface area contributed by atoms with E-state index in [4.69, 9.17) is 0 Å². The minimum Gasteiger partial charge on any atom is -0.369 e. The Labute approximate surface area is 166 Å². The van der Waals surface area contributed by atoms with Gasteiger partial charge >= 0.3 is 0 Å². The van der Waals surface area contributed by atoms with Crippen LogP contribution in [0.1, 0.15) is 28.8 Å². The van der Waals surface area contributed by atoms with Crippen LogP contribution in [0.15, 0.2) is 48.5 Å². The molecular formula is C23H28FN3O. The highest BCUT2D eigenvalue weighted by Crippen LogP contribution is 2.24. The van der Waals surface area contributed by atoms with Crippen LogP contribution >= 0.6 is 0 Å². The van der Waals surface area contributed by atoms with Crippen LogP contribution in [0.2, 0.25) is 0 Å². The molecule has 2 saturated heterocycles. The zero-order valence-electron chi connectivity index (χ0n) is 16.5. The first-order valence-corrected chi connectivity index (χ1v) is 10.2. The summed E-state index contributed by atoms with van der Waals surface area (Å²) in [4.78, 5) is 19.7. The monoisotopic (exact) mass is 381 g/mol. The van der Waals surface area contributed by atoms with Gasteiger partial charge in [0.1, 0.15) is 5.82 Å². The zero-order chi connectivity index (χ0) is 19.5. The molecule has 4 rings (SSSR count). The van der Waals surface area contributed by atoms with Crippen LogP contribution in [0.25, 0.3) is 0 Å². The fourth-order valence-corrected chi connectivity index (χ4v) is 4.46. The van der Waals surface area contributed by atoms with Gasteiger partial charge in [-0.1, -0.05) is 18.2 Å². The van der Waals surface area contributed by atoms with Crippen LogP contribution < -0.4 is 4.90 Å². The summed E-state index contributed by atoms with van der Waals surface area (Å²) in [6, 6.07) is 14.9. The number of carbonyl (C=O) groups excluding carboxylic acids is 1. The molecule has 1 amide bonds. The van der Waals surface area contributed by atoms with Crippen LogP contribution in [-0.4, -0.2) is 61.0 Å². The van der Waals surface area contributed by atoms with Gasteiger partial charge in [0, 0.05) is 56.6 Å². The first-order valence-electron chi connectivity index (χ1n) is 10.2. The lowest BCUT2D eigenvalue weighted by atomic mass is 10.0. The molecule has 2 aromatic carbocycles. The van der Waals surface area contributed by atoms with E-state index in [1.807, 2.05) is 4.90 Å². The van der Waals surface area contributed by atoms with Gasteiger partial charge in [-0.05, 0) is 55.7 Å². The van der Waals surface area contributed by atoms with Crippen molar-refractivity contribution < 1.29 is 9.18 Å². The molecule has 2 aliphatic heterocycles. The Balaban J connectivity index is 1.36. The summed E-state index contributed by atoms with van der Waals surface area (Å²) in [6.07, 6.45) is 2.16. The quantitative estimate of drug-likeness (QED) is 0.813. The molecule has 4 nitrogen and oxygen atoms in total. The Morgan fingerprint density at radius 3 is 2.39 bits per heavy atom. The van der Waals surface area contributed by atoms with Gasteiger partial charge in [-0.15, -0.1) is 0 Å². The summed E-state index contributed by atoms with van der Waals surface area (Å²) in [7, 11) is 0. The average Bonchev–Trinajstić information content (AvgIpc) is 2.74. The molecular weight excluding hydrogens is 353 g/mol. The maximum Gasteiger partial charge on any atom is 0.253 e. The largest absolute Gasteiger partial charge is 0.369 e. The number of halogens is 1. The molecule has 0 spiro atoms. The molecule has 0 aliphatic carbocycles. The van der Waals surface area contributed by atoms with Gasteiger partial charge in [-0.3, -0.25) is 9.69 Å². The summed E-state index contributed by atoms with van der Waals surface area (Å²) in [6.45, 7) is 7.81. The summed E-state index contributed by atoms with van der Waals surface area (Å²) in [5, 5.41) is 0. The molecule has 1 atom stereocenters. The number of likely N-dealkylation sites (tertiary alicyclic amines) is 1. The normalized spacial score (nSPS) is 21.0. The predicted molar refractivity (Wildman–Crippen MR) is 110 cm³/mol. The summed E-state index contributed by atoms with van der Waals surface area (Å²) in [5.41, 5.74) is 3.23. The highest BCUT2D eigenvalue weighted by atomic mass is 19.1. The number of hydrogen-bond donors (Lipinski definition) is 0. The highest BCUT2D eigenvalue weighted by molar-refractivity contribution is 5.94. The van der Waals surface area contributed by atoms with Gasteiger partial charge in [0.15, 0.2) is 0 Å². The van der Waals surface area contributed by atoms with Crippen molar-refractivity contribution >= 4 is 11.6 Å². The first kappa shape index (κ1) is 18.9. The number of amides is 1. The second kappa shape index (κ2) is 8.31. The maximum atomic E-state index is 13.1. The molecule has 0 saturated carbocycles. The van der Waals surface area contributed by atoms with Crippen LogP contribution in [0.3, 0.4) is 0 Å². The lowest BCUT2D eigenvalue weighted by molar-refractivity contribution is 0.0563. The van der Waals surface area contributed by atoms with E-state index in [1.165, 1.54) is 23.4 Å². The Hall–Kier alpha value is -2.40. The van der Waals surface area contributed by atoms with E-state index < -0.39 is 0 Å². The van der Waals surface area contributed by atoms with E-state index in [2.05, 4.69) is 41.0 Å². The second-order valence-corrected chi connectivity index (χ2v) is 7.86. The smallest absolute Gasteiger partial charge is 0.253 e. The number of nitrogens with zero attached hydrogens (tertiary/aromatic N) is 3. The number of piperidine rings is 1. The number of piperazine rings is 1. The van der Waals surface area contributed by atoms with Crippen molar-refractivity contribution in [3.63, 3.8) is 0 Å². The molecule has 0 radical (unpaired) electrons. The van der Waals surface area contributed by atoms with E-state index in [1.54, 1.807) is 12.1 Å². The van der Waals surface area contributed by atoms with Gasteiger partial charge in [0.2, 0.25) is 0 Å². The summed E-state index contributed by atoms with van der Waals surface area (Å²) < 4.78 is 13.1. The van der Waals surface area contributed by atoms with E-state index in [-0.39, 0.29) is 11.7 Å². The first-order chi connectivity index (χ1) is 13.6. The van der Waals surface area contributed by atoms with Gasteiger partial charge in [-0.2, -0.15) is 0 Å². The molecule has 0 aromatic heterocycles. The van der Waals surface area contributed by atoms with E-state index in [0.717, 1.165) is 52.1 Å². The number of anilines is 1. The number of rotatable bonds is 3. The van der Waals surface area contributed by atoms with Crippen LogP contribution in [0.4, 0.5) is 10.1 Å². The molecule has 2 aromatic rings. The predicted octanol–water partition coefficient (Wildman–Crippen LogP) is 3.56. The number of para-hydroxylation sites is 1. The van der Waals surface area contributed by atoms with Crippen LogP contribution in [0, 0.1) is 12.7 Å². The SMILES string of the molecule is Cc1ccccc1N1CCN([C@@H]2CCCN(C(=O)c3ccc(F)cc3)C2)CC1. The van der Waals surface area contributed by atoms with Gasteiger partial charge in [0.05, 0.1) is 0 Å². The third kappa shape index (κ3) is 4.04. The minimum absolute atomic E-state index is 0.0169. The average molecular weight is 381 g/mol. The van der Waals surface area contributed by atoms with Crippen LogP contribution in [-0.2, 0) is 0 Å². The molecule has 28 heavy (non-hydrogen) atoms. The van der Waals surface area contributed by atoms with Crippen molar-refractivity contribution in [3.8, 4) is 0 Å². The second-order valence-electron chi connectivity index (χ2n) is 7.86. The number of benzene rings is 2. The van der Waals surface area contributed by atoms with Gasteiger partial charge in [-0.25, -0.2) is 4.39 Å². The lowest BCUT2D eigenvalue weighted by Crippen LogP contribution is -2.56. The number of carbonyl (C=O) groups is 1. The fraction of sp³-hybridized carbons (Fsp3) is 0.435. The van der Waals surface area contributed by atoms with Crippen molar-refractivity contribution in [2.24, 2.45) is 0 Å². The topological polar surface area (TPSA) is 26.8 Å². The fourth-order valence-electron chi connectivity index (χ4n) is 4.46.